The Labute approximate surface area is 118 Å². The van der Waals surface area contributed by atoms with Crippen LogP contribution in [0.5, 0.6) is 0 Å². The number of nitrogens with zero attached hydrogens (tertiary/aromatic N) is 1. The number of rotatable bonds is 6. The Morgan fingerprint density at radius 2 is 2.00 bits per heavy atom. The van der Waals surface area contributed by atoms with Crippen molar-refractivity contribution >= 4 is 0 Å². The average Bonchev–Trinajstić information content (AvgIpc) is 2.28. The second-order valence-corrected chi connectivity index (χ2v) is 7.49. The predicted molar refractivity (Wildman–Crippen MR) is 80.0 cm³/mol. The first kappa shape index (κ1) is 15.3. The van der Waals surface area contributed by atoms with Gasteiger partial charge in [-0.2, -0.15) is 0 Å². The van der Waals surface area contributed by atoms with Crippen LogP contribution in [-0.2, 0) is 0 Å². The van der Waals surface area contributed by atoms with E-state index >= 15 is 0 Å². The molecule has 0 bridgehead atoms. The van der Waals surface area contributed by atoms with Gasteiger partial charge >= 0.3 is 0 Å². The number of nitrogens with two attached hydrogens (primary N) is 1. The van der Waals surface area contributed by atoms with E-state index in [0.717, 1.165) is 25.6 Å². The summed E-state index contributed by atoms with van der Waals surface area (Å²) in [7, 11) is 0. The van der Waals surface area contributed by atoms with Gasteiger partial charge in [0.2, 0.25) is 0 Å². The van der Waals surface area contributed by atoms with Gasteiger partial charge in [0.25, 0.3) is 0 Å². The standard InChI is InChI=1S/C16H32N2O/c1-16(2)8-7-15(17)13(11-16)12-18(9-4-10-19)14-5-3-6-14/h13-15,19H,3-12,17H2,1-2H3. The van der Waals surface area contributed by atoms with Crippen molar-refractivity contribution in [1.82, 2.24) is 4.90 Å². The molecule has 2 fully saturated rings. The van der Waals surface area contributed by atoms with Crippen LogP contribution in [0.2, 0.25) is 0 Å². The Bertz CT molecular complexity index is 276. The van der Waals surface area contributed by atoms with Gasteiger partial charge in [-0.15, -0.1) is 0 Å². The SMILES string of the molecule is CC1(C)CCC(N)C(CN(CCCO)C2CCC2)C1. The van der Waals surface area contributed by atoms with Gasteiger partial charge in [-0.05, 0) is 49.9 Å². The molecule has 3 heteroatoms. The van der Waals surface area contributed by atoms with E-state index in [9.17, 15) is 0 Å². The van der Waals surface area contributed by atoms with Crippen molar-refractivity contribution in [3.63, 3.8) is 0 Å². The first-order valence-electron chi connectivity index (χ1n) is 8.12. The molecule has 2 atom stereocenters. The topological polar surface area (TPSA) is 49.5 Å². The Kier molecular flexibility index (Phi) is 5.27. The highest BCUT2D eigenvalue weighted by Gasteiger charge is 2.35. The largest absolute Gasteiger partial charge is 0.396 e. The molecule has 3 nitrogen and oxygen atoms in total. The van der Waals surface area contributed by atoms with Crippen LogP contribution in [0.3, 0.4) is 0 Å². The monoisotopic (exact) mass is 268 g/mol. The van der Waals surface area contributed by atoms with Crippen molar-refractivity contribution in [2.75, 3.05) is 19.7 Å². The minimum absolute atomic E-state index is 0.311. The van der Waals surface area contributed by atoms with Crippen molar-refractivity contribution in [2.24, 2.45) is 17.1 Å². The van der Waals surface area contributed by atoms with Gasteiger partial charge < -0.3 is 10.8 Å². The van der Waals surface area contributed by atoms with Gasteiger partial charge in [0.1, 0.15) is 0 Å². The first-order chi connectivity index (χ1) is 9.02. The Morgan fingerprint density at radius 1 is 1.26 bits per heavy atom. The van der Waals surface area contributed by atoms with Gasteiger partial charge in [0, 0.05) is 31.8 Å². The smallest absolute Gasteiger partial charge is 0.0443 e. The molecule has 19 heavy (non-hydrogen) atoms. The summed E-state index contributed by atoms with van der Waals surface area (Å²) >= 11 is 0. The summed E-state index contributed by atoms with van der Waals surface area (Å²) in [6.45, 7) is 7.27. The van der Waals surface area contributed by atoms with Crippen molar-refractivity contribution in [3.8, 4) is 0 Å². The predicted octanol–water partition coefficient (Wildman–Crippen LogP) is 2.38. The van der Waals surface area contributed by atoms with Gasteiger partial charge in [-0.3, -0.25) is 4.90 Å². The molecule has 0 aromatic carbocycles. The maximum absolute atomic E-state index is 9.08. The van der Waals surface area contributed by atoms with E-state index < -0.39 is 0 Å². The number of hydrogen-bond acceptors (Lipinski definition) is 3. The van der Waals surface area contributed by atoms with E-state index in [-0.39, 0.29) is 0 Å². The number of aliphatic hydroxyl groups is 1. The fourth-order valence-electron chi connectivity index (χ4n) is 3.71. The highest BCUT2D eigenvalue weighted by molar-refractivity contribution is 4.90. The zero-order chi connectivity index (χ0) is 13.9. The van der Waals surface area contributed by atoms with Crippen LogP contribution in [0.15, 0.2) is 0 Å². The fraction of sp³-hybridized carbons (Fsp3) is 1.00. The second kappa shape index (κ2) is 6.55. The molecule has 2 rings (SSSR count). The molecule has 2 unspecified atom stereocenters. The lowest BCUT2D eigenvalue weighted by Crippen LogP contribution is -2.49. The lowest BCUT2D eigenvalue weighted by molar-refractivity contribution is 0.0611. The third kappa shape index (κ3) is 4.17. The summed E-state index contributed by atoms with van der Waals surface area (Å²) in [6.07, 6.45) is 8.68. The van der Waals surface area contributed by atoms with Gasteiger partial charge in [-0.25, -0.2) is 0 Å². The molecule has 2 saturated carbocycles. The van der Waals surface area contributed by atoms with E-state index in [0.29, 0.717) is 24.0 Å². The summed E-state index contributed by atoms with van der Waals surface area (Å²) in [5.74, 6) is 0.642. The zero-order valence-corrected chi connectivity index (χ0v) is 12.8. The molecule has 0 saturated heterocycles. The Hall–Kier alpha value is -0.120. The van der Waals surface area contributed by atoms with Crippen LogP contribution in [-0.4, -0.2) is 41.8 Å². The molecule has 2 aliphatic carbocycles. The summed E-state index contributed by atoms with van der Waals surface area (Å²) in [5.41, 5.74) is 6.82. The van der Waals surface area contributed by atoms with Gasteiger partial charge in [0.05, 0.1) is 0 Å². The van der Waals surface area contributed by atoms with Gasteiger partial charge in [0.15, 0.2) is 0 Å². The summed E-state index contributed by atoms with van der Waals surface area (Å²) in [5, 5.41) is 9.08. The summed E-state index contributed by atoms with van der Waals surface area (Å²) in [6, 6.07) is 1.15. The average molecular weight is 268 g/mol. The van der Waals surface area contributed by atoms with Crippen molar-refractivity contribution in [2.45, 2.75) is 70.9 Å². The quantitative estimate of drug-likeness (QED) is 0.777. The van der Waals surface area contributed by atoms with Crippen LogP contribution in [0.25, 0.3) is 0 Å². The Balaban J connectivity index is 1.90. The summed E-state index contributed by atoms with van der Waals surface area (Å²) in [4.78, 5) is 2.62. The van der Waals surface area contributed by atoms with Crippen molar-refractivity contribution < 1.29 is 5.11 Å². The number of aliphatic hydroxyl groups excluding tert-OH is 1. The van der Waals surface area contributed by atoms with Crippen LogP contribution >= 0.6 is 0 Å². The molecule has 0 spiro atoms. The fourth-order valence-corrected chi connectivity index (χ4v) is 3.71. The first-order valence-corrected chi connectivity index (χ1v) is 8.12. The third-order valence-corrected chi connectivity index (χ3v) is 5.24. The minimum atomic E-state index is 0.311. The Morgan fingerprint density at radius 3 is 2.58 bits per heavy atom. The lowest BCUT2D eigenvalue weighted by atomic mass is 9.69. The molecule has 0 aliphatic heterocycles. The minimum Gasteiger partial charge on any atom is -0.396 e. The highest BCUT2D eigenvalue weighted by Crippen LogP contribution is 2.39. The van der Waals surface area contributed by atoms with Crippen LogP contribution in [0.4, 0.5) is 0 Å². The van der Waals surface area contributed by atoms with Crippen LogP contribution in [0.1, 0.15) is 58.8 Å². The van der Waals surface area contributed by atoms with Crippen molar-refractivity contribution in [1.29, 1.82) is 0 Å². The van der Waals surface area contributed by atoms with Gasteiger partial charge in [-0.1, -0.05) is 20.3 Å². The van der Waals surface area contributed by atoms with Crippen LogP contribution in [0, 0.1) is 11.3 Å². The lowest BCUT2D eigenvalue weighted by Gasteiger charge is -2.45. The molecular formula is C16H32N2O. The molecular weight excluding hydrogens is 236 g/mol. The van der Waals surface area contributed by atoms with E-state index in [4.69, 9.17) is 10.8 Å². The summed E-state index contributed by atoms with van der Waals surface area (Å²) < 4.78 is 0. The molecule has 0 aromatic rings. The maximum Gasteiger partial charge on any atom is 0.0443 e. The molecule has 0 heterocycles. The molecule has 0 radical (unpaired) electrons. The van der Waals surface area contributed by atoms with Crippen LogP contribution < -0.4 is 5.73 Å². The molecule has 0 amide bonds. The third-order valence-electron chi connectivity index (χ3n) is 5.24. The second-order valence-electron chi connectivity index (χ2n) is 7.49. The molecule has 112 valence electrons. The molecule has 2 aliphatic rings. The zero-order valence-electron chi connectivity index (χ0n) is 12.8. The normalized spacial score (nSPS) is 31.4. The molecule has 0 aromatic heterocycles. The van der Waals surface area contributed by atoms with E-state index in [1.807, 2.05) is 0 Å². The molecule has 3 N–H and O–H groups in total. The number of hydrogen-bond donors (Lipinski definition) is 2. The van der Waals surface area contributed by atoms with E-state index in [1.165, 1.54) is 38.5 Å². The van der Waals surface area contributed by atoms with E-state index in [1.54, 1.807) is 0 Å². The van der Waals surface area contributed by atoms with Crippen molar-refractivity contribution in [3.05, 3.63) is 0 Å². The van der Waals surface area contributed by atoms with E-state index in [2.05, 4.69) is 18.7 Å². The maximum atomic E-state index is 9.08. The highest BCUT2D eigenvalue weighted by atomic mass is 16.3.